The van der Waals surface area contributed by atoms with E-state index in [0.717, 1.165) is 32.4 Å². The first kappa shape index (κ1) is 18.0. The topological polar surface area (TPSA) is 49.3 Å². The van der Waals surface area contributed by atoms with E-state index in [1.165, 1.54) is 24.8 Å². The van der Waals surface area contributed by atoms with Crippen LogP contribution in [0.25, 0.3) is 0 Å². The van der Waals surface area contributed by atoms with E-state index in [2.05, 4.69) is 29.6 Å². The number of carbonyl (C=O) groups is 1. The lowest BCUT2D eigenvalue weighted by molar-refractivity contribution is -0.140. The summed E-state index contributed by atoms with van der Waals surface area (Å²) >= 11 is 0. The summed E-state index contributed by atoms with van der Waals surface area (Å²) < 4.78 is 0. The standard InChI is InChI=1S/C17H25NO2.ClH/c19-16(20)13-17(10-5-2-6-11-17)14-18-12-9-15-7-3-1-4-8-15;/h1,3-4,7-8,18H,2,5-6,9-14H2,(H,19,20);1H. The van der Waals surface area contributed by atoms with Crippen molar-refractivity contribution in [1.29, 1.82) is 0 Å². The zero-order valence-electron chi connectivity index (χ0n) is 12.5. The van der Waals surface area contributed by atoms with Crippen molar-refractivity contribution in [3.05, 3.63) is 35.9 Å². The summed E-state index contributed by atoms with van der Waals surface area (Å²) in [4.78, 5) is 11.1. The number of aliphatic carboxylic acids is 1. The van der Waals surface area contributed by atoms with Gasteiger partial charge in [0, 0.05) is 6.54 Å². The molecule has 0 atom stereocenters. The second kappa shape index (κ2) is 9.06. The Morgan fingerprint density at radius 1 is 1.14 bits per heavy atom. The Kier molecular flexibility index (Phi) is 7.76. The van der Waals surface area contributed by atoms with E-state index >= 15 is 0 Å². The van der Waals surface area contributed by atoms with Gasteiger partial charge in [-0.3, -0.25) is 4.79 Å². The van der Waals surface area contributed by atoms with Gasteiger partial charge in [-0.15, -0.1) is 12.4 Å². The van der Waals surface area contributed by atoms with Crippen molar-refractivity contribution in [2.75, 3.05) is 13.1 Å². The molecule has 1 aliphatic rings. The van der Waals surface area contributed by atoms with Crippen LogP contribution in [0.4, 0.5) is 0 Å². The monoisotopic (exact) mass is 311 g/mol. The molecule has 1 aromatic carbocycles. The van der Waals surface area contributed by atoms with Crippen molar-refractivity contribution in [3.8, 4) is 0 Å². The van der Waals surface area contributed by atoms with Crippen LogP contribution in [0.15, 0.2) is 30.3 Å². The normalized spacial score (nSPS) is 17.0. The zero-order valence-corrected chi connectivity index (χ0v) is 13.3. The molecule has 0 bridgehead atoms. The van der Waals surface area contributed by atoms with E-state index in [1.807, 2.05) is 6.07 Å². The number of hydrogen-bond acceptors (Lipinski definition) is 2. The average Bonchev–Trinajstić information content (AvgIpc) is 2.45. The van der Waals surface area contributed by atoms with Crippen LogP contribution in [0.1, 0.15) is 44.1 Å². The average molecular weight is 312 g/mol. The predicted octanol–water partition coefficient (Wildman–Crippen LogP) is 3.67. The summed E-state index contributed by atoms with van der Waals surface area (Å²) in [6, 6.07) is 10.4. The van der Waals surface area contributed by atoms with Crippen molar-refractivity contribution in [2.45, 2.75) is 44.9 Å². The summed E-state index contributed by atoms with van der Waals surface area (Å²) in [6.07, 6.45) is 7.03. The van der Waals surface area contributed by atoms with Gasteiger partial charge in [0.2, 0.25) is 0 Å². The van der Waals surface area contributed by atoms with Gasteiger partial charge in [0.25, 0.3) is 0 Å². The highest BCUT2D eigenvalue weighted by atomic mass is 35.5. The molecule has 21 heavy (non-hydrogen) atoms. The van der Waals surface area contributed by atoms with Crippen molar-refractivity contribution in [2.24, 2.45) is 5.41 Å². The van der Waals surface area contributed by atoms with Crippen molar-refractivity contribution in [1.82, 2.24) is 5.32 Å². The SMILES string of the molecule is Cl.O=C(O)CC1(CNCCc2ccccc2)CCCCC1. The van der Waals surface area contributed by atoms with E-state index in [0.29, 0.717) is 6.42 Å². The van der Waals surface area contributed by atoms with Crippen molar-refractivity contribution in [3.63, 3.8) is 0 Å². The largest absolute Gasteiger partial charge is 0.481 e. The van der Waals surface area contributed by atoms with E-state index in [1.54, 1.807) is 0 Å². The molecule has 0 aliphatic heterocycles. The Labute approximate surface area is 133 Å². The van der Waals surface area contributed by atoms with Crippen LogP contribution in [0.2, 0.25) is 0 Å². The molecule has 118 valence electrons. The van der Waals surface area contributed by atoms with Crippen LogP contribution in [0.3, 0.4) is 0 Å². The molecular weight excluding hydrogens is 286 g/mol. The number of nitrogens with one attached hydrogen (secondary N) is 1. The molecule has 1 fully saturated rings. The molecule has 2 N–H and O–H groups in total. The molecule has 0 unspecified atom stereocenters. The molecule has 0 aromatic heterocycles. The van der Waals surface area contributed by atoms with Crippen LogP contribution >= 0.6 is 12.4 Å². The maximum absolute atomic E-state index is 11.1. The zero-order chi connectivity index (χ0) is 14.3. The Morgan fingerprint density at radius 3 is 2.43 bits per heavy atom. The minimum Gasteiger partial charge on any atom is -0.481 e. The molecule has 1 aliphatic carbocycles. The summed E-state index contributed by atoms with van der Waals surface area (Å²) in [6.45, 7) is 1.76. The molecule has 0 saturated heterocycles. The van der Waals surface area contributed by atoms with Gasteiger partial charge >= 0.3 is 5.97 Å². The van der Waals surface area contributed by atoms with Crippen LogP contribution < -0.4 is 5.32 Å². The van der Waals surface area contributed by atoms with Gasteiger partial charge in [-0.05, 0) is 36.8 Å². The van der Waals surface area contributed by atoms with E-state index in [4.69, 9.17) is 5.11 Å². The Morgan fingerprint density at radius 2 is 1.81 bits per heavy atom. The molecule has 3 nitrogen and oxygen atoms in total. The lowest BCUT2D eigenvalue weighted by atomic mass is 9.71. The molecule has 0 amide bonds. The van der Waals surface area contributed by atoms with Gasteiger partial charge in [0.1, 0.15) is 0 Å². The fraction of sp³-hybridized carbons (Fsp3) is 0.588. The van der Waals surface area contributed by atoms with Crippen LogP contribution in [-0.2, 0) is 11.2 Å². The van der Waals surface area contributed by atoms with Gasteiger partial charge in [-0.1, -0.05) is 49.6 Å². The predicted molar refractivity (Wildman–Crippen MR) is 88.0 cm³/mol. The third-order valence-electron chi connectivity index (χ3n) is 4.37. The highest BCUT2D eigenvalue weighted by molar-refractivity contribution is 5.85. The van der Waals surface area contributed by atoms with Crippen molar-refractivity contribution >= 4 is 18.4 Å². The second-order valence-electron chi connectivity index (χ2n) is 6.04. The molecule has 1 saturated carbocycles. The quantitative estimate of drug-likeness (QED) is 0.755. The minimum absolute atomic E-state index is 0. The Hall–Kier alpha value is -1.06. The van der Waals surface area contributed by atoms with Crippen LogP contribution in [0.5, 0.6) is 0 Å². The molecule has 0 heterocycles. The first-order chi connectivity index (χ1) is 9.70. The molecule has 1 aromatic rings. The first-order valence-electron chi connectivity index (χ1n) is 7.67. The van der Waals surface area contributed by atoms with Crippen LogP contribution in [0, 0.1) is 5.41 Å². The minimum atomic E-state index is -0.656. The van der Waals surface area contributed by atoms with E-state index in [-0.39, 0.29) is 17.8 Å². The number of rotatable bonds is 7. The summed E-state index contributed by atoms with van der Waals surface area (Å²) in [7, 11) is 0. The number of carboxylic acid groups (broad SMARTS) is 1. The molecule has 0 spiro atoms. The van der Waals surface area contributed by atoms with Gasteiger partial charge < -0.3 is 10.4 Å². The maximum Gasteiger partial charge on any atom is 0.303 e. The van der Waals surface area contributed by atoms with Gasteiger partial charge in [-0.25, -0.2) is 0 Å². The number of carboxylic acids is 1. The highest BCUT2D eigenvalue weighted by Crippen LogP contribution is 2.38. The number of hydrogen-bond donors (Lipinski definition) is 2. The Balaban J connectivity index is 0.00000220. The van der Waals surface area contributed by atoms with Crippen molar-refractivity contribution < 1.29 is 9.90 Å². The van der Waals surface area contributed by atoms with E-state index in [9.17, 15) is 4.79 Å². The molecule has 0 radical (unpaired) electrons. The van der Waals surface area contributed by atoms with E-state index < -0.39 is 5.97 Å². The van der Waals surface area contributed by atoms with Gasteiger partial charge in [0.05, 0.1) is 6.42 Å². The molecule has 4 heteroatoms. The smallest absolute Gasteiger partial charge is 0.303 e. The second-order valence-corrected chi connectivity index (χ2v) is 6.04. The third kappa shape index (κ3) is 6.06. The molecule has 2 rings (SSSR count). The third-order valence-corrected chi connectivity index (χ3v) is 4.37. The first-order valence-corrected chi connectivity index (χ1v) is 7.67. The number of benzene rings is 1. The summed E-state index contributed by atoms with van der Waals surface area (Å²) in [5.41, 5.74) is 1.32. The Bertz CT molecular complexity index is 416. The van der Waals surface area contributed by atoms with Gasteiger partial charge in [0.15, 0.2) is 0 Å². The van der Waals surface area contributed by atoms with Gasteiger partial charge in [-0.2, -0.15) is 0 Å². The van der Waals surface area contributed by atoms with Crippen LogP contribution in [-0.4, -0.2) is 24.2 Å². The fourth-order valence-electron chi connectivity index (χ4n) is 3.27. The number of halogens is 1. The summed E-state index contributed by atoms with van der Waals surface area (Å²) in [5, 5.41) is 12.6. The summed E-state index contributed by atoms with van der Waals surface area (Å²) in [5.74, 6) is -0.656. The lowest BCUT2D eigenvalue weighted by Gasteiger charge is -2.36. The highest BCUT2D eigenvalue weighted by Gasteiger charge is 2.33. The maximum atomic E-state index is 11.1. The molecular formula is C17H26ClNO2. The lowest BCUT2D eigenvalue weighted by Crippen LogP contribution is -2.38. The fourth-order valence-corrected chi connectivity index (χ4v) is 3.27.